The van der Waals surface area contributed by atoms with Crippen LogP contribution in [0, 0.1) is 0 Å². The molecule has 0 aliphatic carbocycles. The van der Waals surface area contributed by atoms with E-state index in [0.717, 1.165) is 19.1 Å². The number of imidazole rings is 1. The lowest BCUT2D eigenvalue weighted by Crippen LogP contribution is -2.41. The molecule has 2 heterocycles. The minimum Gasteiger partial charge on any atom is -0.337 e. The van der Waals surface area contributed by atoms with Crippen molar-refractivity contribution < 1.29 is 0 Å². The van der Waals surface area contributed by atoms with Crippen LogP contribution in [0.3, 0.4) is 0 Å². The van der Waals surface area contributed by atoms with Crippen molar-refractivity contribution in [2.75, 3.05) is 19.6 Å². The molecule has 4 heteroatoms. The predicted molar refractivity (Wildman–Crippen MR) is 69.8 cm³/mol. The highest BCUT2D eigenvalue weighted by Gasteiger charge is 2.16. The Labute approximate surface area is 104 Å². The highest BCUT2D eigenvalue weighted by Crippen LogP contribution is 2.15. The van der Waals surface area contributed by atoms with E-state index in [1.165, 1.54) is 38.0 Å². The first kappa shape index (κ1) is 12.6. The second-order valence-corrected chi connectivity index (χ2v) is 5.05. The zero-order valence-corrected chi connectivity index (χ0v) is 11.0. The van der Waals surface area contributed by atoms with Crippen LogP contribution in [0.5, 0.6) is 0 Å². The lowest BCUT2D eigenvalue weighted by molar-refractivity contribution is 0.161. The summed E-state index contributed by atoms with van der Waals surface area (Å²) in [5.41, 5.74) is 1.25. The molecule has 1 aliphatic rings. The molecule has 1 fully saturated rings. The maximum Gasteiger partial charge on any atom is 0.0945 e. The molecule has 1 aromatic rings. The number of nitrogens with one attached hydrogen (secondary N) is 1. The average molecular weight is 236 g/mol. The molecule has 0 spiro atoms. The summed E-state index contributed by atoms with van der Waals surface area (Å²) in [6, 6.07) is 0.766. The van der Waals surface area contributed by atoms with E-state index in [2.05, 4.69) is 26.7 Å². The van der Waals surface area contributed by atoms with Crippen LogP contribution in [-0.2, 0) is 13.6 Å². The van der Waals surface area contributed by atoms with Crippen molar-refractivity contribution in [1.29, 1.82) is 0 Å². The van der Waals surface area contributed by atoms with Gasteiger partial charge in [0.1, 0.15) is 0 Å². The van der Waals surface area contributed by atoms with Crippen LogP contribution in [0.1, 0.15) is 31.9 Å². The van der Waals surface area contributed by atoms with E-state index >= 15 is 0 Å². The Kier molecular flexibility index (Phi) is 4.57. The molecule has 0 saturated carbocycles. The molecule has 1 aromatic heterocycles. The lowest BCUT2D eigenvalue weighted by Gasteiger charge is -2.33. The molecule has 1 saturated heterocycles. The van der Waals surface area contributed by atoms with Crippen LogP contribution >= 0.6 is 0 Å². The van der Waals surface area contributed by atoms with Gasteiger partial charge in [0.25, 0.3) is 0 Å². The monoisotopic (exact) mass is 236 g/mol. The van der Waals surface area contributed by atoms with Gasteiger partial charge in [-0.15, -0.1) is 0 Å². The molecule has 17 heavy (non-hydrogen) atoms. The van der Waals surface area contributed by atoms with Crippen molar-refractivity contribution in [3.63, 3.8) is 0 Å². The van der Waals surface area contributed by atoms with E-state index in [9.17, 15) is 0 Å². The summed E-state index contributed by atoms with van der Waals surface area (Å²) in [5.74, 6) is 0. The number of aromatic nitrogens is 2. The smallest absolute Gasteiger partial charge is 0.0945 e. The number of piperidine rings is 1. The largest absolute Gasteiger partial charge is 0.337 e. The van der Waals surface area contributed by atoms with E-state index in [4.69, 9.17) is 0 Å². The van der Waals surface area contributed by atoms with E-state index < -0.39 is 0 Å². The van der Waals surface area contributed by atoms with Gasteiger partial charge in [0, 0.05) is 38.9 Å². The molecule has 0 radical (unpaired) electrons. The second-order valence-electron chi connectivity index (χ2n) is 5.05. The van der Waals surface area contributed by atoms with Crippen molar-refractivity contribution in [2.45, 2.75) is 38.8 Å². The standard InChI is InChI=1S/C13H24N4/c1-12-5-3-4-7-17(12)8-6-14-9-13-10-15-11-16(13)2/h10-12,14H,3-9H2,1-2H3. The normalized spacial score (nSPS) is 21.9. The number of hydrogen-bond donors (Lipinski definition) is 1. The van der Waals surface area contributed by atoms with Gasteiger partial charge in [0.05, 0.1) is 12.0 Å². The van der Waals surface area contributed by atoms with Crippen molar-refractivity contribution in [2.24, 2.45) is 7.05 Å². The highest BCUT2D eigenvalue weighted by atomic mass is 15.2. The molecule has 1 N–H and O–H groups in total. The number of rotatable bonds is 5. The Balaban J connectivity index is 1.64. The summed E-state index contributed by atoms with van der Waals surface area (Å²) < 4.78 is 2.07. The lowest BCUT2D eigenvalue weighted by atomic mass is 10.0. The minimum absolute atomic E-state index is 0.766. The summed E-state index contributed by atoms with van der Waals surface area (Å²) in [4.78, 5) is 6.71. The molecule has 0 bridgehead atoms. The second kappa shape index (κ2) is 6.17. The molecule has 1 unspecified atom stereocenters. The van der Waals surface area contributed by atoms with E-state index in [0.29, 0.717) is 0 Å². The third kappa shape index (κ3) is 3.54. The summed E-state index contributed by atoms with van der Waals surface area (Å²) in [7, 11) is 2.04. The summed E-state index contributed by atoms with van der Waals surface area (Å²) in [6.07, 6.45) is 7.91. The van der Waals surface area contributed by atoms with Gasteiger partial charge in [-0.2, -0.15) is 0 Å². The third-order valence-corrected chi connectivity index (χ3v) is 3.74. The van der Waals surface area contributed by atoms with E-state index in [1.807, 2.05) is 19.6 Å². The fourth-order valence-electron chi connectivity index (χ4n) is 2.48. The van der Waals surface area contributed by atoms with Gasteiger partial charge in [-0.05, 0) is 26.3 Å². The third-order valence-electron chi connectivity index (χ3n) is 3.74. The first-order valence-electron chi connectivity index (χ1n) is 6.67. The van der Waals surface area contributed by atoms with Crippen molar-refractivity contribution in [3.8, 4) is 0 Å². The van der Waals surface area contributed by atoms with Gasteiger partial charge in [-0.25, -0.2) is 4.98 Å². The zero-order valence-electron chi connectivity index (χ0n) is 11.0. The van der Waals surface area contributed by atoms with E-state index in [1.54, 1.807) is 0 Å². The van der Waals surface area contributed by atoms with Crippen LogP contribution in [0.15, 0.2) is 12.5 Å². The van der Waals surface area contributed by atoms with Crippen molar-refractivity contribution >= 4 is 0 Å². The zero-order chi connectivity index (χ0) is 12.1. The summed E-state index contributed by atoms with van der Waals surface area (Å²) in [5, 5.41) is 3.49. The maximum atomic E-state index is 4.11. The van der Waals surface area contributed by atoms with Crippen molar-refractivity contribution in [1.82, 2.24) is 19.8 Å². The van der Waals surface area contributed by atoms with Crippen LogP contribution in [0.25, 0.3) is 0 Å². The van der Waals surface area contributed by atoms with Gasteiger partial charge in [0.15, 0.2) is 0 Å². The maximum absolute atomic E-state index is 4.11. The Hall–Kier alpha value is -0.870. The Morgan fingerprint density at radius 3 is 3.06 bits per heavy atom. The van der Waals surface area contributed by atoms with Gasteiger partial charge in [-0.3, -0.25) is 4.90 Å². The van der Waals surface area contributed by atoms with Gasteiger partial charge in [0.2, 0.25) is 0 Å². The Morgan fingerprint density at radius 2 is 2.35 bits per heavy atom. The molecule has 4 nitrogen and oxygen atoms in total. The molecule has 2 rings (SSSR count). The fraction of sp³-hybridized carbons (Fsp3) is 0.769. The van der Waals surface area contributed by atoms with Crippen LogP contribution < -0.4 is 5.32 Å². The fourth-order valence-corrected chi connectivity index (χ4v) is 2.48. The van der Waals surface area contributed by atoms with Gasteiger partial charge >= 0.3 is 0 Å². The molecule has 0 aromatic carbocycles. The topological polar surface area (TPSA) is 33.1 Å². The highest BCUT2D eigenvalue weighted by molar-refractivity contribution is 4.96. The van der Waals surface area contributed by atoms with Crippen LogP contribution in [-0.4, -0.2) is 40.1 Å². The number of aryl methyl sites for hydroxylation is 1. The molecule has 1 aliphatic heterocycles. The quantitative estimate of drug-likeness (QED) is 0.784. The molecular weight excluding hydrogens is 212 g/mol. The summed E-state index contributed by atoms with van der Waals surface area (Å²) >= 11 is 0. The number of hydrogen-bond acceptors (Lipinski definition) is 3. The first-order chi connectivity index (χ1) is 8.27. The first-order valence-corrected chi connectivity index (χ1v) is 6.67. The van der Waals surface area contributed by atoms with Crippen LogP contribution in [0.4, 0.5) is 0 Å². The minimum atomic E-state index is 0.766. The predicted octanol–water partition coefficient (Wildman–Crippen LogP) is 1.38. The number of likely N-dealkylation sites (tertiary alicyclic amines) is 1. The summed E-state index contributed by atoms with van der Waals surface area (Å²) in [6.45, 7) is 6.77. The Bertz CT molecular complexity index is 334. The molecule has 96 valence electrons. The van der Waals surface area contributed by atoms with Gasteiger partial charge in [-0.1, -0.05) is 6.42 Å². The average Bonchev–Trinajstić information content (AvgIpc) is 2.73. The van der Waals surface area contributed by atoms with Gasteiger partial charge < -0.3 is 9.88 Å². The number of nitrogens with zero attached hydrogens (tertiary/aromatic N) is 3. The SMILES string of the molecule is CC1CCCCN1CCNCc1cncn1C. The van der Waals surface area contributed by atoms with Crippen LogP contribution in [0.2, 0.25) is 0 Å². The Morgan fingerprint density at radius 1 is 1.47 bits per heavy atom. The molecule has 1 atom stereocenters. The van der Waals surface area contributed by atoms with E-state index in [-0.39, 0.29) is 0 Å². The van der Waals surface area contributed by atoms with Crippen molar-refractivity contribution in [3.05, 3.63) is 18.2 Å². The molecule has 0 amide bonds. The molecular formula is C13H24N4.